The Balaban J connectivity index is 3.04. The lowest BCUT2D eigenvalue weighted by Gasteiger charge is -2.01. The molecule has 0 atom stereocenters. The molecule has 0 aliphatic rings. The molecule has 0 aromatic heterocycles. The van der Waals surface area contributed by atoms with Crippen molar-refractivity contribution in [1.29, 1.82) is 0 Å². The third kappa shape index (κ3) is 2.02. The number of alkyl halides is 1. The number of allylic oxidation sites excluding steroid dienone is 1. The topological polar surface area (TPSA) is 20.2 Å². The number of halogens is 1. The Bertz CT molecular complexity index is 272. The highest BCUT2D eigenvalue weighted by molar-refractivity contribution is 6.19. The van der Waals surface area contributed by atoms with Gasteiger partial charge in [-0.2, -0.15) is 0 Å². The van der Waals surface area contributed by atoms with Gasteiger partial charge in [0.1, 0.15) is 5.75 Å². The van der Waals surface area contributed by atoms with Gasteiger partial charge < -0.3 is 5.11 Å². The van der Waals surface area contributed by atoms with Crippen LogP contribution in [-0.4, -0.2) is 11.0 Å². The number of aromatic hydroxyl groups is 1. The van der Waals surface area contributed by atoms with E-state index >= 15 is 0 Å². The SMILES string of the molecule is Cc1cccc(O)c1C=CCCl. The molecule has 1 rings (SSSR count). The Labute approximate surface area is 77.3 Å². The Hall–Kier alpha value is -0.950. The maximum Gasteiger partial charge on any atom is 0.123 e. The molecule has 0 bridgehead atoms. The molecule has 0 fully saturated rings. The second-order valence-electron chi connectivity index (χ2n) is 2.56. The summed E-state index contributed by atoms with van der Waals surface area (Å²) in [6.45, 7) is 1.95. The van der Waals surface area contributed by atoms with Crippen molar-refractivity contribution < 1.29 is 5.11 Å². The minimum Gasteiger partial charge on any atom is -0.507 e. The summed E-state index contributed by atoms with van der Waals surface area (Å²) < 4.78 is 0. The molecule has 0 amide bonds. The zero-order chi connectivity index (χ0) is 8.97. The first-order valence-electron chi connectivity index (χ1n) is 3.77. The van der Waals surface area contributed by atoms with Crippen LogP contribution in [0.5, 0.6) is 5.75 Å². The smallest absolute Gasteiger partial charge is 0.123 e. The Morgan fingerprint density at radius 3 is 2.83 bits per heavy atom. The molecular weight excluding hydrogens is 172 g/mol. The summed E-state index contributed by atoms with van der Waals surface area (Å²) in [4.78, 5) is 0. The standard InChI is InChI=1S/C10H11ClO/c1-8-4-2-6-10(12)9(8)5-3-7-11/h2-6,12H,7H2,1H3. The molecule has 0 saturated carbocycles. The van der Waals surface area contributed by atoms with E-state index in [4.69, 9.17) is 11.6 Å². The third-order valence-corrected chi connectivity index (χ3v) is 1.85. The first-order valence-corrected chi connectivity index (χ1v) is 4.30. The first-order chi connectivity index (χ1) is 5.75. The van der Waals surface area contributed by atoms with E-state index in [1.807, 2.05) is 31.2 Å². The van der Waals surface area contributed by atoms with Crippen LogP contribution in [0.15, 0.2) is 24.3 Å². The van der Waals surface area contributed by atoms with Gasteiger partial charge in [-0.25, -0.2) is 0 Å². The molecule has 0 aliphatic heterocycles. The zero-order valence-corrected chi connectivity index (χ0v) is 7.67. The lowest BCUT2D eigenvalue weighted by atomic mass is 10.1. The van der Waals surface area contributed by atoms with E-state index in [1.165, 1.54) is 0 Å². The number of phenols is 1. The van der Waals surface area contributed by atoms with Gasteiger partial charge in [-0.05, 0) is 18.6 Å². The number of hydrogen-bond donors (Lipinski definition) is 1. The van der Waals surface area contributed by atoms with Crippen LogP contribution in [0.4, 0.5) is 0 Å². The summed E-state index contributed by atoms with van der Waals surface area (Å²) in [7, 11) is 0. The van der Waals surface area contributed by atoms with Gasteiger partial charge >= 0.3 is 0 Å². The number of benzene rings is 1. The minimum absolute atomic E-state index is 0.302. The highest BCUT2D eigenvalue weighted by Crippen LogP contribution is 2.21. The lowest BCUT2D eigenvalue weighted by molar-refractivity contribution is 0.473. The van der Waals surface area contributed by atoms with Crippen LogP contribution < -0.4 is 0 Å². The van der Waals surface area contributed by atoms with Gasteiger partial charge in [0.05, 0.1) is 0 Å². The molecular formula is C10H11ClO. The predicted octanol–water partition coefficient (Wildman–Crippen LogP) is 2.95. The molecule has 64 valence electrons. The summed E-state index contributed by atoms with van der Waals surface area (Å²) in [6.07, 6.45) is 3.64. The monoisotopic (exact) mass is 182 g/mol. The van der Waals surface area contributed by atoms with Crippen molar-refractivity contribution in [1.82, 2.24) is 0 Å². The molecule has 0 spiro atoms. The van der Waals surface area contributed by atoms with Crippen molar-refractivity contribution in [3.63, 3.8) is 0 Å². The molecule has 0 heterocycles. The average Bonchev–Trinajstić information content (AvgIpc) is 2.04. The molecule has 2 heteroatoms. The maximum atomic E-state index is 9.42. The molecule has 0 unspecified atom stereocenters. The van der Waals surface area contributed by atoms with Crippen molar-refractivity contribution in [2.24, 2.45) is 0 Å². The van der Waals surface area contributed by atoms with Crippen molar-refractivity contribution in [3.8, 4) is 5.75 Å². The number of phenolic OH excluding ortho intramolecular Hbond substituents is 1. The number of hydrogen-bond acceptors (Lipinski definition) is 1. The summed E-state index contributed by atoms with van der Waals surface area (Å²) in [5, 5.41) is 9.42. The quantitative estimate of drug-likeness (QED) is 0.698. The second kappa shape index (κ2) is 4.17. The van der Waals surface area contributed by atoms with Crippen LogP contribution in [0.2, 0.25) is 0 Å². The van der Waals surface area contributed by atoms with Gasteiger partial charge in [0.15, 0.2) is 0 Å². The van der Waals surface area contributed by atoms with E-state index in [-0.39, 0.29) is 0 Å². The van der Waals surface area contributed by atoms with Crippen molar-refractivity contribution in [2.45, 2.75) is 6.92 Å². The fraction of sp³-hybridized carbons (Fsp3) is 0.200. The van der Waals surface area contributed by atoms with Crippen LogP contribution in [0.1, 0.15) is 11.1 Å². The average molecular weight is 183 g/mol. The van der Waals surface area contributed by atoms with E-state index < -0.39 is 0 Å². The van der Waals surface area contributed by atoms with Gasteiger partial charge in [0.25, 0.3) is 0 Å². The largest absolute Gasteiger partial charge is 0.507 e. The van der Waals surface area contributed by atoms with Crippen molar-refractivity contribution in [2.75, 3.05) is 5.88 Å². The summed E-state index contributed by atoms with van der Waals surface area (Å²) in [6, 6.07) is 5.44. The Morgan fingerprint density at radius 2 is 2.25 bits per heavy atom. The zero-order valence-electron chi connectivity index (χ0n) is 6.92. The molecule has 12 heavy (non-hydrogen) atoms. The highest BCUT2D eigenvalue weighted by atomic mass is 35.5. The van der Waals surface area contributed by atoms with Crippen LogP contribution in [0.3, 0.4) is 0 Å². The molecule has 0 saturated heterocycles. The van der Waals surface area contributed by atoms with Gasteiger partial charge in [-0.3, -0.25) is 0 Å². The van der Waals surface area contributed by atoms with Gasteiger partial charge in [-0.15, -0.1) is 11.6 Å². The van der Waals surface area contributed by atoms with Gasteiger partial charge in [0.2, 0.25) is 0 Å². The normalized spacial score (nSPS) is 10.8. The molecule has 1 aromatic rings. The van der Waals surface area contributed by atoms with Crippen molar-refractivity contribution in [3.05, 3.63) is 35.4 Å². The highest BCUT2D eigenvalue weighted by Gasteiger charge is 1.98. The maximum absolute atomic E-state index is 9.42. The lowest BCUT2D eigenvalue weighted by Crippen LogP contribution is -1.80. The molecule has 1 nitrogen and oxygen atoms in total. The van der Waals surface area contributed by atoms with E-state index in [2.05, 4.69) is 0 Å². The third-order valence-electron chi connectivity index (χ3n) is 1.67. The summed E-state index contributed by atoms with van der Waals surface area (Å²) in [5.41, 5.74) is 1.90. The molecule has 1 aromatic carbocycles. The van der Waals surface area contributed by atoms with E-state index in [9.17, 15) is 5.11 Å². The van der Waals surface area contributed by atoms with Crippen LogP contribution in [0, 0.1) is 6.92 Å². The molecule has 0 radical (unpaired) electrons. The Kier molecular flexibility index (Phi) is 3.18. The predicted molar refractivity (Wildman–Crippen MR) is 52.6 cm³/mol. The van der Waals surface area contributed by atoms with Gasteiger partial charge in [0, 0.05) is 11.4 Å². The molecule has 1 N–H and O–H groups in total. The fourth-order valence-corrected chi connectivity index (χ4v) is 1.13. The number of rotatable bonds is 2. The minimum atomic E-state index is 0.302. The van der Waals surface area contributed by atoms with E-state index in [1.54, 1.807) is 6.07 Å². The van der Waals surface area contributed by atoms with E-state index in [0.29, 0.717) is 11.6 Å². The van der Waals surface area contributed by atoms with Crippen LogP contribution >= 0.6 is 11.6 Å². The first kappa shape index (κ1) is 9.14. The van der Waals surface area contributed by atoms with Gasteiger partial charge in [-0.1, -0.05) is 24.3 Å². The summed E-state index contributed by atoms with van der Waals surface area (Å²) >= 11 is 5.49. The summed E-state index contributed by atoms with van der Waals surface area (Å²) in [5.74, 6) is 0.768. The van der Waals surface area contributed by atoms with Crippen molar-refractivity contribution >= 4 is 17.7 Å². The van der Waals surface area contributed by atoms with E-state index in [0.717, 1.165) is 11.1 Å². The van der Waals surface area contributed by atoms with Crippen LogP contribution in [-0.2, 0) is 0 Å². The second-order valence-corrected chi connectivity index (χ2v) is 2.87. The Morgan fingerprint density at radius 1 is 1.50 bits per heavy atom. The number of aryl methyl sites for hydroxylation is 1. The van der Waals surface area contributed by atoms with Crippen LogP contribution in [0.25, 0.3) is 6.08 Å². The fourth-order valence-electron chi connectivity index (χ4n) is 1.04. The molecule has 0 aliphatic carbocycles.